The maximum Gasteiger partial charge on any atom is 0.261 e. The van der Waals surface area contributed by atoms with Crippen LogP contribution in [0.3, 0.4) is 0 Å². The van der Waals surface area contributed by atoms with E-state index in [-0.39, 0.29) is 5.91 Å². The number of thiophene rings is 1. The highest BCUT2D eigenvalue weighted by atomic mass is 32.1. The van der Waals surface area contributed by atoms with Crippen LogP contribution in [0.4, 0.5) is 0 Å². The Hall–Kier alpha value is -0.870. The molecule has 2 aliphatic rings. The third-order valence-corrected chi connectivity index (χ3v) is 4.85. The number of carbonyl (C=O) groups excluding carboxylic acids is 1. The van der Waals surface area contributed by atoms with E-state index >= 15 is 0 Å². The topological polar surface area (TPSA) is 41.1 Å². The number of hydrogen-bond donors (Lipinski definition) is 2. The zero-order chi connectivity index (χ0) is 11.7. The molecule has 1 atom stereocenters. The van der Waals surface area contributed by atoms with Gasteiger partial charge in [-0.1, -0.05) is 0 Å². The molecular weight excluding hydrogens is 232 g/mol. The molecule has 1 aromatic heterocycles. The van der Waals surface area contributed by atoms with Gasteiger partial charge in [0.15, 0.2) is 0 Å². The van der Waals surface area contributed by atoms with Gasteiger partial charge in [-0.2, -0.15) is 0 Å². The molecule has 3 nitrogen and oxygen atoms in total. The fraction of sp³-hybridized carbons (Fsp3) is 0.615. The number of rotatable bonds is 2. The van der Waals surface area contributed by atoms with Gasteiger partial charge >= 0.3 is 0 Å². The number of amides is 1. The molecule has 0 saturated carbocycles. The van der Waals surface area contributed by atoms with Crippen LogP contribution in [0.2, 0.25) is 0 Å². The summed E-state index contributed by atoms with van der Waals surface area (Å²) in [5, 5.41) is 6.38. The summed E-state index contributed by atoms with van der Waals surface area (Å²) < 4.78 is 0. The number of fused-ring (bicyclic) bond motifs is 1. The second-order valence-electron chi connectivity index (χ2n) is 4.93. The molecule has 1 aliphatic carbocycles. The fourth-order valence-electron chi connectivity index (χ4n) is 2.64. The van der Waals surface area contributed by atoms with E-state index < -0.39 is 0 Å². The third kappa shape index (κ3) is 2.38. The summed E-state index contributed by atoms with van der Waals surface area (Å²) in [7, 11) is 0. The average molecular weight is 250 g/mol. The largest absolute Gasteiger partial charge is 0.347 e. The second kappa shape index (κ2) is 4.78. The van der Waals surface area contributed by atoms with Crippen LogP contribution in [0, 0.1) is 0 Å². The molecule has 1 amide bonds. The lowest BCUT2D eigenvalue weighted by Crippen LogP contribution is -2.35. The van der Waals surface area contributed by atoms with Gasteiger partial charge in [0, 0.05) is 17.5 Å². The SMILES string of the molecule is O=C(N[C@H]1CCNC1)c1cc2c(s1)CCCC2. The van der Waals surface area contributed by atoms with E-state index in [0.717, 1.165) is 37.2 Å². The summed E-state index contributed by atoms with van der Waals surface area (Å²) in [5.41, 5.74) is 1.41. The van der Waals surface area contributed by atoms with E-state index in [2.05, 4.69) is 16.7 Å². The van der Waals surface area contributed by atoms with E-state index in [1.54, 1.807) is 11.3 Å². The Morgan fingerprint density at radius 3 is 3.06 bits per heavy atom. The summed E-state index contributed by atoms with van der Waals surface area (Å²) in [5.74, 6) is 0.123. The molecule has 1 aliphatic heterocycles. The molecule has 2 heterocycles. The zero-order valence-corrected chi connectivity index (χ0v) is 10.7. The van der Waals surface area contributed by atoms with Gasteiger partial charge in [0.2, 0.25) is 0 Å². The van der Waals surface area contributed by atoms with E-state index in [1.165, 1.54) is 23.3 Å². The number of hydrogen-bond acceptors (Lipinski definition) is 3. The first-order chi connectivity index (χ1) is 8.33. The molecule has 0 bridgehead atoms. The highest BCUT2D eigenvalue weighted by Gasteiger charge is 2.21. The third-order valence-electron chi connectivity index (χ3n) is 3.62. The molecule has 92 valence electrons. The molecule has 0 unspecified atom stereocenters. The van der Waals surface area contributed by atoms with Gasteiger partial charge in [-0.05, 0) is 50.3 Å². The average Bonchev–Trinajstić information content (AvgIpc) is 2.96. The summed E-state index contributed by atoms with van der Waals surface area (Å²) in [6.07, 6.45) is 5.93. The lowest BCUT2D eigenvalue weighted by atomic mass is 9.99. The van der Waals surface area contributed by atoms with Crippen LogP contribution in [0.5, 0.6) is 0 Å². The molecule has 3 rings (SSSR count). The van der Waals surface area contributed by atoms with Gasteiger partial charge in [0.1, 0.15) is 0 Å². The van der Waals surface area contributed by atoms with E-state index in [4.69, 9.17) is 0 Å². The first-order valence-electron chi connectivity index (χ1n) is 6.46. The predicted octanol–water partition coefficient (Wildman–Crippen LogP) is 1.72. The van der Waals surface area contributed by atoms with Gasteiger partial charge in [-0.15, -0.1) is 11.3 Å². The van der Waals surface area contributed by atoms with Gasteiger partial charge in [-0.25, -0.2) is 0 Å². The van der Waals surface area contributed by atoms with E-state index in [0.29, 0.717) is 6.04 Å². The molecule has 1 fully saturated rings. The van der Waals surface area contributed by atoms with Crippen molar-refractivity contribution in [1.29, 1.82) is 0 Å². The highest BCUT2D eigenvalue weighted by Crippen LogP contribution is 2.29. The minimum Gasteiger partial charge on any atom is -0.347 e. The van der Waals surface area contributed by atoms with Crippen LogP contribution >= 0.6 is 11.3 Å². The molecular formula is C13H18N2OS. The first-order valence-corrected chi connectivity index (χ1v) is 7.28. The smallest absolute Gasteiger partial charge is 0.261 e. The maximum atomic E-state index is 12.1. The van der Waals surface area contributed by atoms with E-state index in [9.17, 15) is 4.79 Å². The Morgan fingerprint density at radius 2 is 2.29 bits per heavy atom. The van der Waals surface area contributed by atoms with E-state index in [1.807, 2.05) is 0 Å². The fourth-order valence-corrected chi connectivity index (χ4v) is 3.79. The van der Waals surface area contributed by atoms with Crippen molar-refractivity contribution < 1.29 is 4.79 Å². The Bertz CT molecular complexity index is 398. The summed E-state index contributed by atoms with van der Waals surface area (Å²) in [6, 6.07) is 2.43. The van der Waals surface area contributed by atoms with Crippen LogP contribution < -0.4 is 10.6 Å². The Morgan fingerprint density at radius 1 is 1.41 bits per heavy atom. The van der Waals surface area contributed by atoms with Gasteiger partial charge in [0.05, 0.1) is 4.88 Å². The molecule has 17 heavy (non-hydrogen) atoms. The molecule has 0 radical (unpaired) electrons. The molecule has 1 saturated heterocycles. The Labute approximate surface area is 106 Å². The van der Waals surface area contributed by atoms with Gasteiger partial charge < -0.3 is 10.6 Å². The first kappa shape index (κ1) is 11.2. The Kier molecular flexibility index (Phi) is 3.16. The van der Waals surface area contributed by atoms with Crippen molar-refractivity contribution in [3.63, 3.8) is 0 Å². The lowest BCUT2D eigenvalue weighted by molar-refractivity contribution is 0.0944. The van der Waals surface area contributed by atoms with Crippen LogP contribution in [-0.4, -0.2) is 25.0 Å². The maximum absolute atomic E-state index is 12.1. The van der Waals surface area contributed by atoms with Crippen molar-refractivity contribution in [3.8, 4) is 0 Å². The second-order valence-corrected chi connectivity index (χ2v) is 6.07. The molecule has 4 heteroatoms. The molecule has 1 aromatic rings. The quantitative estimate of drug-likeness (QED) is 0.839. The van der Waals surface area contributed by atoms with Crippen LogP contribution in [0.1, 0.15) is 39.4 Å². The van der Waals surface area contributed by atoms with Crippen molar-refractivity contribution >= 4 is 17.2 Å². The Balaban J connectivity index is 1.70. The van der Waals surface area contributed by atoms with Crippen molar-refractivity contribution in [2.24, 2.45) is 0 Å². The normalized spacial score (nSPS) is 23.4. The standard InChI is InChI=1S/C13H18N2OS/c16-13(15-10-5-6-14-8-10)12-7-9-3-1-2-4-11(9)17-12/h7,10,14H,1-6,8H2,(H,15,16)/t10-/m0/s1. The summed E-state index contributed by atoms with van der Waals surface area (Å²) in [6.45, 7) is 1.93. The molecule has 2 N–H and O–H groups in total. The van der Waals surface area contributed by atoms with Gasteiger partial charge in [0.25, 0.3) is 5.91 Å². The lowest BCUT2D eigenvalue weighted by Gasteiger charge is -2.09. The number of carbonyl (C=O) groups is 1. The number of nitrogens with one attached hydrogen (secondary N) is 2. The van der Waals surface area contributed by atoms with Gasteiger partial charge in [-0.3, -0.25) is 4.79 Å². The highest BCUT2D eigenvalue weighted by molar-refractivity contribution is 7.14. The van der Waals surface area contributed by atoms with Crippen LogP contribution in [0.15, 0.2) is 6.07 Å². The van der Waals surface area contributed by atoms with Crippen molar-refractivity contribution in [2.45, 2.75) is 38.1 Å². The summed E-state index contributed by atoms with van der Waals surface area (Å²) in [4.78, 5) is 14.4. The minimum atomic E-state index is 0.123. The van der Waals surface area contributed by atoms with Crippen molar-refractivity contribution in [1.82, 2.24) is 10.6 Å². The number of aryl methyl sites for hydroxylation is 2. The molecule has 0 spiro atoms. The zero-order valence-electron chi connectivity index (χ0n) is 9.92. The molecule has 0 aromatic carbocycles. The van der Waals surface area contributed by atoms with Crippen molar-refractivity contribution in [3.05, 3.63) is 21.4 Å². The summed E-state index contributed by atoms with van der Waals surface area (Å²) >= 11 is 1.69. The monoisotopic (exact) mass is 250 g/mol. The van der Waals surface area contributed by atoms with Crippen LogP contribution in [0.25, 0.3) is 0 Å². The predicted molar refractivity (Wildman–Crippen MR) is 69.7 cm³/mol. The van der Waals surface area contributed by atoms with Crippen molar-refractivity contribution in [2.75, 3.05) is 13.1 Å². The van der Waals surface area contributed by atoms with Crippen LogP contribution in [-0.2, 0) is 12.8 Å². The minimum absolute atomic E-state index is 0.123.